The van der Waals surface area contributed by atoms with Gasteiger partial charge in [-0.15, -0.1) is 0 Å². The third-order valence-corrected chi connectivity index (χ3v) is 7.34. The monoisotopic (exact) mass is 442 g/mol. The summed E-state index contributed by atoms with van der Waals surface area (Å²) in [7, 11) is 3.14. The van der Waals surface area contributed by atoms with Crippen molar-refractivity contribution in [3.8, 4) is 11.5 Å². The molecule has 1 saturated heterocycles. The summed E-state index contributed by atoms with van der Waals surface area (Å²) >= 11 is 0. The maximum Gasteiger partial charge on any atom is 0.356 e. The van der Waals surface area contributed by atoms with Crippen molar-refractivity contribution < 1.29 is 33.4 Å². The lowest BCUT2D eigenvalue weighted by molar-refractivity contribution is -0.141. The molecule has 32 heavy (non-hydrogen) atoms. The van der Waals surface area contributed by atoms with Gasteiger partial charge < -0.3 is 19.0 Å². The van der Waals surface area contributed by atoms with Gasteiger partial charge in [0.1, 0.15) is 6.10 Å². The molecule has 1 aromatic rings. The number of likely N-dealkylation sites (tertiary alicyclic amines) is 1. The van der Waals surface area contributed by atoms with Gasteiger partial charge in [-0.05, 0) is 43.4 Å². The van der Waals surface area contributed by atoms with Crippen LogP contribution in [0.15, 0.2) is 23.4 Å². The molecule has 0 spiro atoms. The quantitative estimate of drug-likeness (QED) is 0.465. The van der Waals surface area contributed by atoms with E-state index in [4.69, 9.17) is 19.0 Å². The van der Waals surface area contributed by atoms with Crippen molar-refractivity contribution in [2.45, 2.75) is 25.9 Å². The Morgan fingerprint density at radius 3 is 2.50 bits per heavy atom. The summed E-state index contributed by atoms with van der Waals surface area (Å²) in [5, 5.41) is 3.97. The van der Waals surface area contributed by atoms with E-state index in [1.807, 2.05) is 18.2 Å². The molecule has 4 aliphatic rings. The highest BCUT2D eigenvalue weighted by molar-refractivity contribution is 6.38. The Hall–Kier alpha value is -3.10. The fourth-order valence-corrected chi connectivity index (χ4v) is 6.06. The third kappa shape index (κ3) is 2.90. The second kappa shape index (κ2) is 7.79. The molecule has 0 radical (unpaired) electrons. The van der Waals surface area contributed by atoms with E-state index in [-0.39, 0.29) is 48.0 Å². The lowest BCUT2D eigenvalue weighted by Crippen LogP contribution is -2.42. The minimum atomic E-state index is -0.494. The van der Waals surface area contributed by atoms with Crippen LogP contribution in [0, 0.1) is 29.6 Å². The number of ether oxygens (including phenoxy) is 3. The van der Waals surface area contributed by atoms with E-state index in [0.29, 0.717) is 30.9 Å². The van der Waals surface area contributed by atoms with E-state index < -0.39 is 17.8 Å². The first-order valence-electron chi connectivity index (χ1n) is 11.0. The largest absolute Gasteiger partial charge is 0.493 e. The van der Waals surface area contributed by atoms with Crippen LogP contribution in [0.3, 0.4) is 0 Å². The molecule has 170 valence electrons. The first-order chi connectivity index (χ1) is 15.5. The summed E-state index contributed by atoms with van der Waals surface area (Å²) in [4.78, 5) is 45.8. The Labute approximate surface area is 185 Å². The molecule has 0 aromatic heterocycles. The van der Waals surface area contributed by atoms with Gasteiger partial charge in [-0.1, -0.05) is 11.2 Å². The van der Waals surface area contributed by atoms with Crippen molar-refractivity contribution in [2.24, 2.45) is 34.7 Å². The molecule has 0 N–H and O–H groups in total. The fraction of sp³-hybridized carbons (Fsp3) is 0.565. The number of imide groups is 1. The Morgan fingerprint density at radius 1 is 1.09 bits per heavy atom. The highest BCUT2D eigenvalue weighted by Crippen LogP contribution is 2.61. The Balaban J connectivity index is 1.31. The molecule has 2 heterocycles. The van der Waals surface area contributed by atoms with Crippen molar-refractivity contribution in [1.82, 2.24) is 4.90 Å². The molecular weight excluding hydrogens is 416 g/mol. The Morgan fingerprint density at radius 2 is 1.81 bits per heavy atom. The lowest BCUT2D eigenvalue weighted by atomic mass is 9.72. The van der Waals surface area contributed by atoms with Crippen LogP contribution in [0.4, 0.5) is 0 Å². The number of hydrogen-bond donors (Lipinski definition) is 0. The lowest BCUT2D eigenvalue weighted by Gasteiger charge is -2.29. The number of nitrogens with zero attached hydrogens (tertiary/aromatic N) is 2. The number of esters is 1. The van der Waals surface area contributed by atoms with Gasteiger partial charge in [-0.25, -0.2) is 4.79 Å². The van der Waals surface area contributed by atoms with E-state index >= 15 is 0 Å². The second-order valence-corrected chi connectivity index (χ2v) is 8.68. The number of hydrogen-bond acceptors (Lipinski definition) is 8. The molecule has 2 amide bonds. The van der Waals surface area contributed by atoms with E-state index in [0.717, 1.165) is 5.56 Å². The van der Waals surface area contributed by atoms with E-state index in [1.54, 1.807) is 21.1 Å². The summed E-state index contributed by atoms with van der Waals surface area (Å²) in [6.07, 6.45) is 0.887. The zero-order chi connectivity index (χ0) is 22.6. The summed E-state index contributed by atoms with van der Waals surface area (Å²) in [5.74, 6) is -0.862. The number of amides is 2. The number of rotatable bonds is 7. The maximum atomic E-state index is 13.3. The van der Waals surface area contributed by atoms with Crippen LogP contribution in [-0.2, 0) is 30.4 Å². The van der Waals surface area contributed by atoms with Crippen LogP contribution in [0.2, 0.25) is 0 Å². The first-order valence-corrected chi connectivity index (χ1v) is 11.0. The molecule has 2 aliphatic heterocycles. The molecule has 0 unspecified atom stereocenters. The van der Waals surface area contributed by atoms with Crippen molar-refractivity contribution in [1.29, 1.82) is 0 Å². The Bertz CT molecular complexity index is 1010. The number of carbonyl (C=O) groups is 3. The molecule has 3 fully saturated rings. The normalized spacial score (nSPS) is 31.8. The van der Waals surface area contributed by atoms with E-state index in [2.05, 4.69) is 5.16 Å². The average molecular weight is 442 g/mol. The van der Waals surface area contributed by atoms with Gasteiger partial charge in [0.25, 0.3) is 0 Å². The van der Waals surface area contributed by atoms with Gasteiger partial charge in [-0.3, -0.25) is 14.5 Å². The zero-order valence-corrected chi connectivity index (χ0v) is 18.3. The van der Waals surface area contributed by atoms with Gasteiger partial charge in [0, 0.05) is 12.5 Å². The van der Waals surface area contributed by atoms with Gasteiger partial charge in [-0.2, -0.15) is 0 Å². The van der Waals surface area contributed by atoms with Gasteiger partial charge in [0.05, 0.1) is 38.6 Å². The fourth-order valence-electron chi connectivity index (χ4n) is 6.06. The summed E-state index contributed by atoms with van der Waals surface area (Å²) < 4.78 is 15.7. The van der Waals surface area contributed by atoms with Gasteiger partial charge in [0.2, 0.25) is 11.8 Å². The summed E-state index contributed by atoms with van der Waals surface area (Å²) in [6.45, 7) is 2.28. The molecule has 1 aromatic carbocycles. The number of carbonyl (C=O) groups excluding carboxylic acids is 3. The predicted octanol–water partition coefficient (Wildman–Crippen LogP) is 1.43. The van der Waals surface area contributed by atoms with Crippen LogP contribution < -0.4 is 9.47 Å². The highest BCUT2D eigenvalue weighted by atomic mass is 16.6. The van der Waals surface area contributed by atoms with Crippen molar-refractivity contribution in [3.63, 3.8) is 0 Å². The van der Waals surface area contributed by atoms with Gasteiger partial charge in [0.15, 0.2) is 17.2 Å². The second-order valence-electron chi connectivity index (χ2n) is 8.68. The van der Waals surface area contributed by atoms with Crippen LogP contribution in [0.5, 0.6) is 11.5 Å². The maximum absolute atomic E-state index is 13.3. The van der Waals surface area contributed by atoms with Crippen LogP contribution >= 0.6 is 0 Å². The topological polar surface area (TPSA) is 104 Å². The number of oxime groups is 1. The van der Waals surface area contributed by atoms with Crippen molar-refractivity contribution in [3.05, 3.63) is 23.8 Å². The SMILES string of the molecule is CCOC(=O)C1=NO[C@@H]2[C@@H]3C[C@H]([C@@H]12)[C@@H]1C(=O)N(CCc2ccc(OC)c(OC)c2)C(=O)[C@@H]31. The Kier molecular flexibility index (Phi) is 5.06. The van der Waals surface area contributed by atoms with Crippen molar-refractivity contribution in [2.75, 3.05) is 27.4 Å². The zero-order valence-electron chi connectivity index (χ0n) is 18.3. The molecule has 2 bridgehead atoms. The molecule has 6 atom stereocenters. The van der Waals surface area contributed by atoms with E-state index in [1.165, 1.54) is 4.90 Å². The summed E-state index contributed by atoms with van der Waals surface area (Å²) in [6, 6.07) is 5.57. The van der Waals surface area contributed by atoms with Crippen LogP contribution in [-0.4, -0.2) is 61.9 Å². The molecule has 5 rings (SSSR count). The van der Waals surface area contributed by atoms with Gasteiger partial charge >= 0.3 is 5.97 Å². The van der Waals surface area contributed by atoms with Crippen molar-refractivity contribution >= 4 is 23.5 Å². The molecule has 9 heteroatoms. The highest BCUT2D eigenvalue weighted by Gasteiger charge is 2.70. The number of benzene rings is 1. The van der Waals surface area contributed by atoms with Crippen LogP contribution in [0.1, 0.15) is 18.9 Å². The number of methoxy groups -OCH3 is 2. The average Bonchev–Trinajstić information content (AvgIpc) is 3.53. The molecule has 9 nitrogen and oxygen atoms in total. The molecular formula is C23H26N2O7. The minimum absolute atomic E-state index is 0.104. The third-order valence-electron chi connectivity index (χ3n) is 7.34. The number of fused-ring (bicyclic) bond motifs is 8. The minimum Gasteiger partial charge on any atom is -0.493 e. The van der Waals surface area contributed by atoms with Crippen LogP contribution in [0.25, 0.3) is 0 Å². The van der Waals surface area contributed by atoms with E-state index in [9.17, 15) is 14.4 Å². The smallest absolute Gasteiger partial charge is 0.356 e. The molecule has 2 aliphatic carbocycles. The predicted molar refractivity (Wildman–Crippen MR) is 111 cm³/mol. The standard InChI is InChI=1S/C23H26N2O7/c1-4-31-23(28)19-18-12-10-13(20(18)32-24-19)17-16(12)21(26)25(22(17)27)8-7-11-5-6-14(29-2)15(9-11)30-3/h5-6,9,12-13,16-18,20H,4,7-8,10H2,1-3H3/t12-,13+,16-,17-,18-,20+/m0/s1. The molecule has 2 saturated carbocycles. The first kappa shape index (κ1) is 20.8. The summed E-state index contributed by atoms with van der Waals surface area (Å²) in [5.41, 5.74) is 1.20.